The molecule has 0 aliphatic carbocycles. The number of hydrogen-bond donors (Lipinski definition) is 1. The Balaban J connectivity index is 1.67. The minimum absolute atomic E-state index is 0.0638. The monoisotopic (exact) mass is 401 g/mol. The van der Waals surface area contributed by atoms with Crippen LogP contribution in [0, 0.1) is 0 Å². The van der Waals surface area contributed by atoms with Crippen molar-refractivity contribution >= 4 is 32.3 Å². The first-order chi connectivity index (χ1) is 12.3. The molecule has 1 N–H and O–H groups in total. The van der Waals surface area contributed by atoms with Crippen LogP contribution in [0.15, 0.2) is 29.3 Å². The van der Waals surface area contributed by atoms with Gasteiger partial charge in [-0.2, -0.15) is 5.10 Å². The van der Waals surface area contributed by atoms with E-state index >= 15 is 0 Å². The zero-order valence-electron chi connectivity index (χ0n) is 13.4. The number of rotatable bonds is 5. The molecule has 4 rings (SSSR count). The van der Waals surface area contributed by atoms with Gasteiger partial charge in [-0.05, 0) is 25.1 Å². The molecule has 12 heteroatoms. The lowest BCUT2D eigenvalue weighted by Crippen LogP contribution is -2.59. The van der Waals surface area contributed by atoms with Crippen LogP contribution in [0.25, 0.3) is 16.0 Å². The third-order valence-corrected chi connectivity index (χ3v) is 6.38. The van der Waals surface area contributed by atoms with Gasteiger partial charge in [0.05, 0.1) is 29.2 Å². The minimum atomic E-state index is -3.74. The molecule has 1 aliphatic rings. The Hall–Kier alpha value is -2.02. The molecule has 1 aromatic carbocycles. The van der Waals surface area contributed by atoms with Crippen LogP contribution in [-0.4, -0.2) is 47.1 Å². The molecule has 1 aliphatic heterocycles. The largest absolute Gasteiger partial charge is 0.377 e. The van der Waals surface area contributed by atoms with E-state index in [4.69, 9.17) is 4.74 Å². The second kappa shape index (κ2) is 6.01. The Morgan fingerprint density at radius 1 is 1.35 bits per heavy atom. The van der Waals surface area contributed by atoms with Gasteiger partial charge in [-0.3, -0.25) is 0 Å². The summed E-state index contributed by atoms with van der Waals surface area (Å²) in [6.07, 6.45) is -1.12. The van der Waals surface area contributed by atoms with Crippen molar-refractivity contribution in [2.24, 2.45) is 0 Å². The molecule has 1 saturated heterocycles. The summed E-state index contributed by atoms with van der Waals surface area (Å²) >= 11 is 0.721. The van der Waals surface area contributed by atoms with E-state index < -0.39 is 27.0 Å². The van der Waals surface area contributed by atoms with Gasteiger partial charge in [0.1, 0.15) is 0 Å². The Morgan fingerprint density at radius 2 is 2.12 bits per heavy atom. The minimum Gasteiger partial charge on any atom is -0.377 e. The number of alkyl halides is 2. The average Bonchev–Trinajstić information content (AvgIpc) is 3.18. The highest BCUT2D eigenvalue weighted by molar-refractivity contribution is 7.89. The molecule has 0 spiro atoms. The van der Waals surface area contributed by atoms with E-state index in [0.717, 1.165) is 11.3 Å². The van der Waals surface area contributed by atoms with Crippen LogP contribution in [0.4, 0.5) is 8.78 Å². The summed E-state index contributed by atoms with van der Waals surface area (Å²) in [5.41, 5.74) is -0.220. The fourth-order valence-electron chi connectivity index (χ4n) is 2.52. The standard InChI is InChI=1S/C14H13F2N5O3S2/c1-14(6-24-7-14)20-26(22,23)9-3-2-8-5-21(19-10(8)4-9)13-18-17-12(25-13)11(15)16/h2-5,11,20H,6-7H2,1H3. The van der Waals surface area contributed by atoms with Gasteiger partial charge in [-0.25, -0.2) is 26.6 Å². The van der Waals surface area contributed by atoms with Crippen molar-refractivity contribution in [3.05, 3.63) is 29.4 Å². The molecule has 138 valence electrons. The molecule has 0 radical (unpaired) electrons. The predicted octanol–water partition coefficient (Wildman–Crippen LogP) is 1.88. The van der Waals surface area contributed by atoms with Gasteiger partial charge in [0.25, 0.3) is 6.43 Å². The Morgan fingerprint density at radius 3 is 2.73 bits per heavy atom. The first-order valence-corrected chi connectivity index (χ1v) is 9.79. The van der Waals surface area contributed by atoms with E-state index in [9.17, 15) is 17.2 Å². The molecule has 3 aromatic rings. The molecule has 1 fully saturated rings. The zero-order chi connectivity index (χ0) is 18.5. The Kier molecular flexibility index (Phi) is 4.02. The summed E-state index contributed by atoms with van der Waals surface area (Å²) in [7, 11) is -3.74. The molecule has 0 atom stereocenters. The van der Waals surface area contributed by atoms with Crippen LogP contribution < -0.4 is 4.72 Å². The number of halogens is 2. The van der Waals surface area contributed by atoms with Crippen molar-refractivity contribution in [1.82, 2.24) is 24.7 Å². The SMILES string of the molecule is CC1(NS(=O)(=O)c2ccc3cn(-c4nnc(C(F)F)s4)nc3c2)COC1. The number of sulfonamides is 1. The molecule has 0 saturated carbocycles. The van der Waals surface area contributed by atoms with Crippen LogP contribution in [0.3, 0.4) is 0 Å². The molecule has 3 heterocycles. The summed E-state index contributed by atoms with van der Waals surface area (Å²) in [5, 5.41) is 11.8. The smallest absolute Gasteiger partial charge is 0.291 e. The first kappa shape index (κ1) is 17.4. The number of aromatic nitrogens is 4. The molecule has 26 heavy (non-hydrogen) atoms. The number of benzene rings is 1. The lowest BCUT2D eigenvalue weighted by molar-refractivity contribution is -0.0523. The van der Waals surface area contributed by atoms with Crippen LogP contribution >= 0.6 is 11.3 Å². The lowest BCUT2D eigenvalue weighted by Gasteiger charge is -2.38. The third-order valence-electron chi connectivity index (χ3n) is 3.82. The van der Waals surface area contributed by atoms with Crippen LogP contribution in [0.1, 0.15) is 18.4 Å². The summed E-state index contributed by atoms with van der Waals surface area (Å²) in [4.78, 5) is 0.0638. The van der Waals surface area contributed by atoms with Gasteiger partial charge in [0.2, 0.25) is 15.2 Å². The highest BCUT2D eigenvalue weighted by atomic mass is 32.2. The van der Waals surface area contributed by atoms with E-state index in [1.54, 1.807) is 19.2 Å². The van der Waals surface area contributed by atoms with Crippen LogP contribution in [-0.2, 0) is 14.8 Å². The van der Waals surface area contributed by atoms with Gasteiger partial charge >= 0.3 is 0 Å². The Labute approximate surface area is 150 Å². The van der Waals surface area contributed by atoms with Crippen LogP contribution in [0.2, 0.25) is 0 Å². The molecule has 0 amide bonds. The van der Waals surface area contributed by atoms with Crippen molar-refractivity contribution in [3.8, 4) is 5.13 Å². The van der Waals surface area contributed by atoms with Gasteiger partial charge < -0.3 is 4.74 Å². The van der Waals surface area contributed by atoms with E-state index in [2.05, 4.69) is 20.0 Å². The van der Waals surface area contributed by atoms with Gasteiger partial charge in [-0.1, -0.05) is 11.3 Å². The summed E-state index contributed by atoms with van der Waals surface area (Å²) < 4.78 is 59.3. The maximum absolute atomic E-state index is 12.6. The van der Waals surface area contributed by atoms with Crippen molar-refractivity contribution in [2.45, 2.75) is 23.8 Å². The van der Waals surface area contributed by atoms with Gasteiger partial charge in [-0.15, -0.1) is 10.2 Å². The molecule has 8 nitrogen and oxygen atoms in total. The second-order valence-electron chi connectivity index (χ2n) is 6.18. The predicted molar refractivity (Wildman–Crippen MR) is 89.0 cm³/mol. The van der Waals surface area contributed by atoms with Crippen molar-refractivity contribution in [3.63, 3.8) is 0 Å². The molecule has 0 unspecified atom stereocenters. The van der Waals surface area contributed by atoms with Crippen molar-refractivity contribution in [2.75, 3.05) is 13.2 Å². The summed E-state index contributed by atoms with van der Waals surface area (Å²) in [6.45, 7) is 2.39. The molecule has 2 aromatic heterocycles. The van der Waals surface area contributed by atoms with E-state index in [1.165, 1.54) is 16.8 Å². The van der Waals surface area contributed by atoms with E-state index in [-0.39, 0.29) is 10.0 Å². The normalized spacial score (nSPS) is 16.9. The maximum atomic E-state index is 12.6. The van der Waals surface area contributed by atoms with E-state index in [0.29, 0.717) is 24.1 Å². The Bertz CT molecular complexity index is 1080. The average molecular weight is 401 g/mol. The fraction of sp³-hybridized carbons (Fsp3) is 0.357. The van der Waals surface area contributed by atoms with E-state index in [1.807, 2.05) is 0 Å². The van der Waals surface area contributed by atoms with Gasteiger partial charge in [0, 0.05) is 11.6 Å². The first-order valence-electron chi connectivity index (χ1n) is 7.49. The summed E-state index contributed by atoms with van der Waals surface area (Å²) in [5.74, 6) is 0. The van der Waals surface area contributed by atoms with Crippen molar-refractivity contribution < 1.29 is 21.9 Å². The molecular weight excluding hydrogens is 388 g/mol. The number of ether oxygens (including phenoxy) is 1. The highest BCUT2D eigenvalue weighted by Crippen LogP contribution is 2.26. The second-order valence-corrected chi connectivity index (χ2v) is 8.85. The topological polar surface area (TPSA) is 99.0 Å². The lowest BCUT2D eigenvalue weighted by atomic mass is 10.0. The quantitative estimate of drug-likeness (QED) is 0.701. The highest BCUT2D eigenvalue weighted by Gasteiger charge is 2.37. The zero-order valence-corrected chi connectivity index (χ0v) is 15.0. The molecular formula is C14H13F2N5O3S2. The third kappa shape index (κ3) is 3.09. The van der Waals surface area contributed by atoms with Crippen molar-refractivity contribution in [1.29, 1.82) is 0 Å². The molecule has 0 bridgehead atoms. The summed E-state index contributed by atoms with van der Waals surface area (Å²) in [6, 6.07) is 4.48. The number of nitrogens with zero attached hydrogens (tertiary/aromatic N) is 4. The number of fused-ring (bicyclic) bond motifs is 1. The fourth-order valence-corrected chi connectivity index (χ4v) is 4.54. The maximum Gasteiger partial charge on any atom is 0.291 e. The number of nitrogens with one attached hydrogen (secondary N) is 1. The number of hydrogen-bond acceptors (Lipinski definition) is 7. The van der Waals surface area contributed by atoms with Gasteiger partial charge in [0.15, 0.2) is 5.01 Å². The van der Waals surface area contributed by atoms with Crippen LogP contribution in [0.5, 0.6) is 0 Å².